The molecule has 0 aliphatic rings. The minimum Gasteiger partial charge on any atom is -0.478 e. The lowest BCUT2D eigenvalue weighted by Gasteiger charge is -2.17. The highest BCUT2D eigenvalue weighted by Crippen LogP contribution is 2.23. The summed E-state index contributed by atoms with van der Waals surface area (Å²) in [6.07, 6.45) is 0. The largest absolute Gasteiger partial charge is 0.478 e. The number of carboxylic acids is 1. The second-order valence-corrected chi connectivity index (χ2v) is 5.80. The van der Waals surface area contributed by atoms with Crippen LogP contribution in [0.5, 0.6) is 0 Å². The minimum absolute atomic E-state index is 0.0740. The molecule has 5 nitrogen and oxygen atoms in total. The quantitative estimate of drug-likeness (QED) is 0.899. The van der Waals surface area contributed by atoms with Crippen molar-refractivity contribution >= 4 is 40.6 Å². The molecule has 0 radical (unpaired) electrons. The molecular weight excluding hydrogens is 312 g/mol. The van der Waals surface area contributed by atoms with Crippen molar-refractivity contribution in [1.82, 2.24) is 4.90 Å². The molecule has 0 saturated carbocycles. The van der Waals surface area contributed by atoms with Gasteiger partial charge in [-0.05, 0) is 29.6 Å². The molecule has 0 fully saturated rings. The van der Waals surface area contributed by atoms with E-state index in [1.165, 1.54) is 23.1 Å². The predicted octanol–water partition coefficient (Wildman–Crippen LogP) is 3.76. The number of nitrogens with one attached hydrogen (secondary N) is 1. The van der Waals surface area contributed by atoms with E-state index in [4.69, 9.17) is 16.7 Å². The monoisotopic (exact) mass is 324 g/mol. The van der Waals surface area contributed by atoms with Crippen LogP contribution in [-0.2, 0) is 6.54 Å². The van der Waals surface area contributed by atoms with Crippen LogP contribution in [0.15, 0.2) is 35.7 Å². The van der Waals surface area contributed by atoms with E-state index in [9.17, 15) is 9.59 Å². The van der Waals surface area contributed by atoms with E-state index in [1.807, 2.05) is 17.5 Å². The second-order valence-electron chi connectivity index (χ2n) is 4.37. The van der Waals surface area contributed by atoms with Gasteiger partial charge in [-0.25, -0.2) is 9.59 Å². The molecule has 2 N–H and O–H groups in total. The van der Waals surface area contributed by atoms with Crippen molar-refractivity contribution in [3.63, 3.8) is 0 Å². The van der Waals surface area contributed by atoms with Gasteiger partial charge in [0.05, 0.1) is 22.8 Å². The molecule has 1 aromatic heterocycles. The summed E-state index contributed by atoms with van der Waals surface area (Å²) in [4.78, 5) is 25.5. The zero-order chi connectivity index (χ0) is 15.4. The molecule has 1 heterocycles. The number of halogens is 1. The Morgan fingerprint density at radius 1 is 1.38 bits per heavy atom. The van der Waals surface area contributed by atoms with Gasteiger partial charge in [-0.15, -0.1) is 11.3 Å². The molecule has 2 rings (SSSR count). The van der Waals surface area contributed by atoms with Gasteiger partial charge in [-0.3, -0.25) is 0 Å². The van der Waals surface area contributed by atoms with Crippen LogP contribution >= 0.6 is 22.9 Å². The molecule has 7 heteroatoms. The number of aromatic carboxylic acids is 1. The molecule has 2 amide bonds. The molecule has 0 atom stereocenters. The van der Waals surface area contributed by atoms with Crippen LogP contribution < -0.4 is 5.32 Å². The average molecular weight is 325 g/mol. The maximum Gasteiger partial charge on any atom is 0.335 e. The standard InChI is InChI=1S/C14H13ClN2O3S/c1-17(8-10-3-2-6-21-10)14(20)16-12-5-4-9(13(18)19)7-11(12)15/h2-7H,8H2,1H3,(H,16,20)(H,18,19). The van der Waals surface area contributed by atoms with E-state index >= 15 is 0 Å². The molecule has 0 spiro atoms. The highest BCUT2D eigenvalue weighted by atomic mass is 35.5. The first-order valence-electron chi connectivity index (χ1n) is 6.04. The van der Waals surface area contributed by atoms with E-state index in [0.29, 0.717) is 12.2 Å². The number of amides is 2. The number of hydrogen-bond donors (Lipinski definition) is 2. The smallest absolute Gasteiger partial charge is 0.335 e. The Balaban J connectivity index is 2.03. The lowest BCUT2D eigenvalue weighted by Crippen LogP contribution is -2.30. The topological polar surface area (TPSA) is 69.6 Å². The van der Waals surface area contributed by atoms with Gasteiger partial charge >= 0.3 is 12.0 Å². The van der Waals surface area contributed by atoms with E-state index in [-0.39, 0.29) is 16.6 Å². The Morgan fingerprint density at radius 2 is 2.14 bits per heavy atom. The van der Waals surface area contributed by atoms with Crippen molar-refractivity contribution in [3.05, 3.63) is 51.2 Å². The molecule has 0 unspecified atom stereocenters. The van der Waals surface area contributed by atoms with Gasteiger partial charge in [0.25, 0.3) is 0 Å². The van der Waals surface area contributed by atoms with Gasteiger partial charge in [-0.2, -0.15) is 0 Å². The summed E-state index contributed by atoms with van der Waals surface area (Å²) in [6, 6.07) is 7.73. The number of carboxylic acid groups (broad SMARTS) is 1. The summed E-state index contributed by atoms with van der Waals surface area (Å²) < 4.78 is 0. The van der Waals surface area contributed by atoms with Crippen LogP contribution in [0.1, 0.15) is 15.2 Å². The number of nitrogens with zero attached hydrogens (tertiary/aromatic N) is 1. The number of urea groups is 1. The average Bonchev–Trinajstić information content (AvgIpc) is 2.93. The molecule has 21 heavy (non-hydrogen) atoms. The van der Waals surface area contributed by atoms with E-state index in [0.717, 1.165) is 4.88 Å². The molecule has 0 saturated heterocycles. The molecule has 110 valence electrons. The molecule has 1 aromatic carbocycles. The third-order valence-corrected chi connectivity index (χ3v) is 3.95. The fourth-order valence-electron chi connectivity index (χ4n) is 1.67. The van der Waals surface area contributed by atoms with Crippen LogP contribution in [0.3, 0.4) is 0 Å². The van der Waals surface area contributed by atoms with Gasteiger partial charge in [0.1, 0.15) is 0 Å². The normalized spacial score (nSPS) is 10.2. The summed E-state index contributed by atoms with van der Waals surface area (Å²) in [5, 5.41) is 13.7. The van der Waals surface area contributed by atoms with Crippen molar-refractivity contribution in [2.24, 2.45) is 0 Å². The lowest BCUT2D eigenvalue weighted by atomic mass is 10.2. The number of thiophene rings is 1. The van der Waals surface area contributed by atoms with Crippen molar-refractivity contribution in [2.45, 2.75) is 6.54 Å². The summed E-state index contributed by atoms with van der Waals surface area (Å²) >= 11 is 7.54. The van der Waals surface area contributed by atoms with Crippen molar-refractivity contribution in [1.29, 1.82) is 0 Å². The third kappa shape index (κ3) is 3.96. The zero-order valence-electron chi connectivity index (χ0n) is 11.2. The first-order valence-corrected chi connectivity index (χ1v) is 7.30. The van der Waals surface area contributed by atoms with Crippen LogP contribution in [0.4, 0.5) is 10.5 Å². The summed E-state index contributed by atoms with van der Waals surface area (Å²) in [5.74, 6) is -1.07. The van der Waals surface area contributed by atoms with E-state index < -0.39 is 5.97 Å². The van der Waals surface area contributed by atoms with Crippen molar-refractivity contribution in [2.75, 3.05) is 12.4 Å². The first kappa shape index (κ1) is 15.3. The zero-order valence-corrected chi connectivity index (χ0v) is 12.7. The summed E-state index contributed by atoms with van der Waals surface area (Å²) in [7, 11) is 1.68. The molecular formula is C14H13ClN2O3S. The maximum absolute atomic E-state index is 12.1. The summed E-state index contributed by atoms with van der Waals surface area (Å²) in [6.45, 7) is 0.494. The lowest BCUT2D eigenvalue weighted by molar-refractivity contribution is 0.0697. The number of hydrogen-bond acceptors (Lipinski definition) is 3. The number of carbonyl (C=O) groups is 2. The number of carbonyl (C=O) groups excluding carboxylic acids is 1. The fraction of sp³-hybridized carbons (Fsp3) is 0.143. The van der Waals surface area contributed by atoms with Gasteiger partial charge in [-0.1, -0.05) is 17.7 Å². The summed E-state index contributed by atoms with van der Waals surface area (Å²) in [5.41, 5.74) is 0.453. The molecule has 0 aliphatic heterocycles. The Bertz CT molecular complexity index is 658. The van der Waals surface area contributed by atoms with Gasteiger partial charge in [0, 0.05) is 11.9 Å². The predicted molar refractivity (Wildman–Crippen MR) is 83.2 cm³/mol. The number of anilines is 1. The Kier molecular flexibility index (Phi) is 4.82. The minimum atomic E-state index is -1.07. The SMILES string of the molecule is CN(Cc1cccs1)C(=O)Nc1ccc(C(=O)O)cc1Cl. The van der Waals surface area contributed by atoms with E-state index in [2.05, 4.69) is 5.32 Å². The second kappa shape index (κ2) is 6.60. The Morgan fingerprint density at radius 3 is 2.71 bits per heavy atom. The van der Waals surface area contributed by atoms with Gasteiger partial charge < -0.3 is 15.3 Å². The fourth-order valence-corrected chi connectivity index (χ4v) is 2.65. The van der Waals surface area contributed by atoms with Crippen molar-refractivity contribution in [3.8, 4) is 0 Å². The maximum atomic E-state index is 12.1. The Labute approximate surface area is 130 Å². The third-order valence-electron chi connectivity index (χ3n) is 2.78. The molecule has 0 aliphatic carbocycles. The van der Waals surface area contributed by atoms with Crippen LogP contribution in [-0.4, -0.2) is 29.1 Å². The van der Waals surface area contributed by atoms with Crippen LogP contribution in [0.25, 0.3) is 0 Å². The molecule has 0 bridgehead atoms. The van der Waals surface area contributed by atoms with Gasteiger partial charge in [0.2, 0.25) is 0 Å². The number of benzene rings is 1. The van der Waals surface area contributed by atoms with E-state index in [1.54, 1.807) is 18.4 Å². The van der Waals surface area contributed by atoms with Crippen LogP contribution in [0.2, 0.25) is 5.02 Å². The highest BCUT2D eigenvalue weighted by molar-refractivity contribution is 7.09. The molecule has 2 aromatic rings. The van der Waals surface area contributed by atoms with Crippen molar-refractivity contribution < 1.29 is 14.7 Å². The highest BCUT2D eigenvalue weighted by Gasteiger charge is 2.13. The van der Waals surface area contributed by atoms with Gasteiger partial charge in [0.15, 0.2) is 0 Å². The van der Waals surface area contributed by atoms with Crippen LogP contribution in [0, 0.1) is 0 Å². The number of rotatable bonds is 4. The Hall–Kier alpha value is -2.05. The first-order chi connectivity index (χ1) is 9.97.